The lowest BCUT2D eigenvalue weighted by Crippen LogP contribution is -2.41. The van der Waals surface area contributed by atoms with Gasteiger partial charge in [-0.05, 0) is 30.7 Å². The van der Waals surface area contributed by atoms with E-state index in [1.807, 2.05) is 6.07 Å². The molecule has 26 heavy (non-hydrogen) atoms. The number of nitriles is 1. The fourth-order valence-electron chi connectivity index (χ4n) is 3.33. The number of aromatic nitrogens is 4. The van der Waals surface area contributed by atoms with Crippen LogP contribution in [-0.2, 0) is 6.42 Å². The highest BCUT2D eigenvalue weighted by Crippen LogP contribution is 2.36. The van der Waals surface area contributed by atoms with Gasteiger partial charge in [-0.3, -0.25) is 5.10 Å². The number of anilines is 2. The summed E-state index contributed by atoms with van der Waals surface area (Å²) in [5, 5.41) is 32.8. The first-order chi connectivity index (χ1) is 12.5. The second-order valence-corrected chi connectivity index (χ2v) is 7.45. The van der Waals surface area contributed by atoms with E-state index in [-0.39, 0.29) is 17.6 Å². The molecule has 1 aliphatic rings. The van der Waals surface area contributed by atoms with Crippen molar-refractivity contribution in [3.63, 3.8) is 0 Å². The molecule has 2 aromatic rings. The fourth-order valence-corrected chi connectivity index (χ4v) is 3.33. The molecule has 8 heteroatoms. The predicted molar refractivity (Wildman–Crippen MR) is 98.6 cm³/mol. The quantitative estimate of drug-likeness (QED) is 0.625. The van der Waals surface area contributed by atoms with Crippen molar-refractivity contribution >= 4 is 11.8 Å². The van der Waals surface area contributed by atoms with Gasteiger partial charge in [-0.15, -0.1) is 0 Å². The molecular weight excluding hydrogens is 330 g/mol. The third-order valence-electron chi connectivity index (χ3n) is 4.95. The van der Waals surface area contributed by atoms with Crippen LogP contribution in [0.5, 0.6) is 0 Å². The standard InChI is InChI=1S/C18H25N7O/c1-18(2)9-14(3-4-15(18)26)23-16-12(10-19)11-21-17(24-16)20-7-5-13-6-8-22-25-13/h6,8,11,14-15,26H,3-5,7,9H2,1-2H3,(H,22,25)(H2,20,21,23,24)/t14-,15+/m1/s1. The summed E-state index contributed by atoms with van der Waals surface area (Å²) in [5.41, 5.74) is 1.31. The number of aliphatic hydroxyl groups is 1. The summed E-state index contributed by atoms with van der Waals surface area (Å²) in [6.07, 6.45) is 6.16. The first-order valence-electron chi connectivity index (χ1n) is 8.92. The molecule has 2 heterocycles. The van der Waals surface area contributed by atoms with E-state index in [0.717, 1.165) is 31.4 Å². The zero-order valence-corrected chi connectivity index (χ0v) is 15.2. The van der Waals surface area contributed by atoms with Crippen LogP contribution in [0.3, 0.4) is 0 Å². The Kier molecular flexibility index (Phi) is 5.38. The second-order valence-electron chi connectivity index (χ2n) is 7.45. The molecule has 0 spiro atoms. The minimum Gasteiger partial charge on any atom is -0.393 e. The highest BCUT2D eigenvalue weighted by atomic mass is 16.3. The number of hydrogen-bond donors (Lipinski definition) is 4. The van der Waals surface area contributed by atoms with Crippen LogP contribution < -0.4 is 10.6 Å². The largest absolute Gasteiger partial charge is 0.393 e. The van der Waals surface area contributed by atoms with Gasteiger partial charge in [0.25, 0.3) is 0 Å². The van der Waals surface area contributed by atoms with Crippen molar-refractivity contribution in [3.8, 4) is 6.07 Å². The van der Waals surface area contributed by atoms with E-state index >= 15 is 0 Å². The smallest absolute Gasteiger partial charge is 0.224 e. The van der Waals surface area contributed by atoms with Crippen molar-refractivity contribution in [2.75, 3.05) is 17.2 Å². The minimum atomic E-state index is -0.291. The number of hydrogen-bond acceptors (Lipinski definition) is 7. The van der Waals surface area contributed by atoms with Gasteiger partial charge in [-0.1, -0.05) is 13.8 Å². The summed E-state index contributed by atoms with van der Waals surface area (Å²) in [6, 6.07) is 4.24. The maximum absolute atomic E-state index is 10.1. The van der Waals surface area contributed by atoms with Gasteiger partial charge < -0.3 is 15.7 Å². The van der Waals surface area contributed by atoms with E-state index in [1.165, 1.54) is 6.20 Å². The third-order valence-corrected chi connectivity index (χ3v) is 4.95. The van der Waals surface area contributed by atoms with Gasteiger partial charge in [0.1, 0.15) is 17.5 Å². The molecule has 138 valence electrons. The minimum absolute atomic E-state index is 0.152. The van der Waals surface area contributed by atoms with Gasteiger partial charge in [-0.25, -0.2) is 4.98 Å². The maximum Gasteiger partial charge on any atom is 0.224 e. The van der Waals surface area contributed by atoms with Crippen LogP contribution in [0.1, 0.15) is 44.4 Å². The van der Waals surface area contributed by atoms with Gasteiger partial charge in [-0.2, -0.15) is 15.3 Å². The van der Waals surface area contributed by atoms with Crippen LogP contribution in [0, 0.1) is 16.7 Å². The van der Waals surface area contributed by atoms with Crippen molar-refractivity contribution in [2.45, 2.75) is 51.7 Å². The van der Waals surface area contributed by atoms with Crippen LogP contribution in [0.25, 0.3) is 0 Å². The Labute approximate surface area is 153 Å². The van der Waals surface area contributed by atoms with Crippen molar-refractivity contribution < 1.29 is 5.11 Å². The Morgan fingerprint density at radius 3 is 2.96 bits per heavy atom. The molecular formula is C18H25N7O. The second kappa shape index (κ2) is 7.70. The predicted octanol–water partition coefficient (Wildman–Crippen LogP) is 2.08. The molecule has 0 bridgehead atoms. The van der Waals surface area contributed by atoms with Crippen molar-refractivity contribution in [1.29, 1.82) is 5.26 Å². The number of nitrogens with one attached hydrogen (secondary N) is 3. The molecule has 0 unspecified atom stereocenters. The molecule has 8 nitrogen and oxygen atoms in total. The summed E-state index contributed by atoms with van der Waals surface area (Å²) in [6.45, 7) is 4.80. The number of H-pyrrole nitrogens is 1. The summed E-state index contributed by atoms with van der Waals surface area (Å²) in [4.78, 5) is 8.69. The lowest BCUT2D eigenvalue weighted by molar-refractivity contribution is 0.00926. The van der Waals surface area contributed by atoms with E-state index < -0.39 is 0 Å². The monoisotopic (exact) mass is 355 g/mol. The zero-order valence-electron chi connectivity index (χ0n) is 15.2. The van der Waals surface area contributed by atoms with E-state index in [2.05, 4.69) is 50.7 Å². The Bertz CT molecular complexity index is 766. The molecule has 3 rings (SSSR count). The van der Waals surface area contributed by atoms with Gasteiger partial charge in [0.2, 0.25) is 5.95 Å². The molecule has 0 saturated heterocycles. The first-order valence-corrected chi connectivity index (χ1v) is 8.92. The van der Waals surface area contributed by atoms with Crippen LogP contribution in [0.4, 0.5) is 11.8 Å². The van der Waals surface area contributed by atoms with Crippen LogP contribution in [0.2, 0.25) is 0 Å². The van der Waals surface area contributed by atoms with E-state index in [1.54, 1.807) is 6.20 Å². The average molecular weight is 355 g/mol. The van der Waals surface area contributed by atoms with E-state index in [9.17, 15) is 10.4 Å². The maximum atomic E-state index is 10.1. The lowest BCUT2D eigenvalue weighted by atomic mass is 9.73. The Morgan fingerprint density at radius 2 is 2.27 bits per heavy atom. The van der Waals surface area contributed by atoms with E-state index in [0.29, 0.717) is 23.9 Å². The van der Waals surface area contributed by atoms with Crippen LogP contribution >= 0.6 is 0 Å². The normalized spacial score (nSPS) is 21.8. The summed E-state index contributed by atoms with van der Waals surface area (Å²) in [5.74, 6) is 1.03. The SMILES string of the molecule is CC1(C)C[C@H](Nc2nc(NCCc3ccn[nH]3)ncc2C#N)CC[C@@H]1O. The molecule has 0 radical (unpaired) electrons. The zero-order chi connectivity index (χ0) is 18.6. The highest BCUT2D eigenvalue weighted by Gasteiger charge is 2.35. The Morgan fingerprint density at radius 1 is 1.42 bits per heavy atom. The summed E-state index contributed by atoms with van der Waals surface area (Å²) >= 11 is 0. The number of aromatic amines is 1. The lowest BCUT2D eigenvalue weighted by Gasteiger charge is -2.40. The van der Waals surface area contributed by atoms with Gasteiger partial charge >= 0.3 is 0 Å². The third kappa shape index (κ3) is 4.29. The molecule has 2 aromatic heterocycles. The molecule has 1 fully saturated rings. The van der Waals surface area contributed by atoms with E-state index in [4.69, 9.17) is 0 Å². The van der Waals surface area contributed by atoms with Crippen molar-refractivity contribution in [3.05, 3.63) is 29.7 Å². The number of nitrogens with zero attached hydrogens (tertiary/aromatic N) is 4. The molecule has 0 aromatic carbocycles. The fraction of sp³-hybridized carbons (Fsp3) is 0.556. The van der Waals surface area contributed by atoms with Crippen molar-refractivity contribution in [1.82, 2.24) is 20.2 Å². The topological polar surface area (TPSA) is 123 Å². The number of aliphatic hydroxyl groups excluding tert-OH is 1. The number of rotatable bonds is 6. The molecule has 1 saturated carbocycles. The Balaban J connectivity index is 1.65. The molecule has 0 amide bonds. The molecule has 1 aliphatic carbocycles. The summed E-state index contributed by atoms with van der Waals surface area (Å²) in [7, 11) is 0. The average Bonchev–Trinajstić information content (AvgIpc) is 3.12. The van der Waals surface area contributed by atoms with Gasteiger partial charge in [0.05, 0.1) is 12.3 Å². The molecule has 2 atom stereocenters. The molecule has 4 N–H and O–H groups in total. The van der Waals surface area contributed by atoms with Crippen molar-refractivity contribution in [2.24, 2.45) is 5.41 Å². The highest BCUT2D eigenvalue weighted by molar-refractivity contribution is 5.54. The Hall–Kier alpha value is -2.66. The summed E-state index contributed by atoms with van der Waals surface area (Å²) < 4.78 is 0. The van der Waals surface area contributed by atoms with Crippen LogP contribution in [-0.4, -0.2) is 44.0 Å². The first kappa shape index (κ1) is 18.1. The van der Waals surface area contributed by atoms with Gasteiger partial charge in [0.15, 0.2) is 0 Å². The molecule has 0 aliphatic heterocycles. The van der Waals surface area contributed by atoms with Crippen LogP contribution in [0.15, 0.2) is 18.5 Å². The van der Waals surface area contributed by atoms with Gasteiger partial charge in [0, 0.05) is 30.9 Å².